The van der Waals surface area contributed by atoms with E-state index in [0.29, 0.717) is 0 Å². The Balaban J connectivity index is 1.62. The zero-order valence-electron chi connectivity index (χ0n) is 20.1. The third-order valence-electron chi connectivity index (χ3n) is 7.63. The summed E-state index contributed by atoms with van der Waals surface area (Å²) >= 11 is 1.92. The van der Waals surface area contributed by atoms with Crippen LogP contribution in [0.15, 0.2) is 133 Å². The Hall–Kier alpha value is -4.46. The Morgan fingerprint density at radius 2 is 0.919 bits per heavy atom. The molecule has 8 aromatic rings. The standard InChI is InChI=1S/C36H22S/c1-2-12-23(13-3-1)33-26-16-6-8-18-28(26)34(29-19-9-7-17-27(29)33)31-22-24-14-4-5-15-25(24)35-30-20-10-11-21-32(30)37-36(31)35/h1-22H. The van der Waals surface area contributed by atoms with Gasteiger partial charge in [-0.3, -0.25) is 0 Å². The minimum absolute atomic E-state index is 1.26. The van der Waals surface area contributed by atoms with Crippen LogP contribution in [0.1, 0.15) is 0 Å². The average molecular weight is 487 g/mol. The van der Waals surface area contributed by atoms with Crippen LogP contribution in [0.4, 0.5) is 0 Å². The van der Waals surface area contributed by atoms with Crippen molar-refractivity contribution in [3.8, 4) is 22.3 Å². The fourth-order valence-corrected chi connectivity index (χ4v) is 7.33. The maximum Gasteiger partial charge on any atom is 0.0440 e. The molecule has 0 atom stereocenters. The molecule has 8 rings (SSSR count). The molecule has 0 aliphatic heterocycles. The number of fused-ring (bicyclic) bond motifs is 7. The maximum absolute atomic E-state index is 2.42. The van der Waals surface area contributed by atoms with Crippen LogP contribution in [-0.2, 0) is 0 Å². The third kappa shape index (κ3) is 3.02. The molecule has 0 unspecified atom stereocenters. The second kappa shape index (κ2) is 8.03. The Morgan fingerprint density at radius 3 is 1.59 bits per heavy atom. The van der Waals surface area contributed by atoms with Gasteiger partial charge < -0.3 is 0 Å². The highest BCUT2D eigenvalue weighted by Gasteiger charge is 2.20. The van der Waals surface area contributed by atoms with Gasteiger partial charge in [0.15, 0.2) is 0 Å². The smallest absolute Gasteiger partial charge is 0.0440 e. The Kier molecular flexibility index (Phi) is 4.49. The van der Waals surface area contributed by atoms with Crippen LogP contribution in [0, 0.1) is 0 Å². The van der Waals surface area contributed by atoms with Crippen molar-refractivity contribution in [2.45, 2.75) is 0 Å². The van der Waals surface area contributed by atoms with Crippen molar-refractivity contribution in [2.75, 3.05) is 0 Å². The molecular weight excluding hydrogens is 464 g/mol. The van der Waals surface area contributed by atoms with Crippen LogP contribution in [0.2, 0.25) is 0 Å². The van der Waals surface area contributed by atoms with E-state index in [1.807, 2.05) is 11.3 Å². The molecule has 0 saturated heterocycles. The van der Waals surface area contributed by atoms with Gasteiger partial charge in [-0.25, -0.2) is 0 Å². The molecule has 0 amide bonds. The van der Waals surface area contributed by atoms with Crippen LogP contribution in [0.3, 0.4) is 0 Å². The Bertz CT molecular complexity index is 2070. The molecule has 7 aromatic carbocycles. The predicted molar refractivity (Wildman–Crippen MR) is 163 cm³/mol. The van der Waals surface area contributed by atoms with E-state index in [1.165, 1.54) is 74.7 Å². The zero-order chi connectivity index (χ0) is 24.3. The van der Waals surface area contributed by atoms with Gasteiger partial charge in [-0.2, -0.15) is 0 Å². The molecule has 1 heteroatoms. The summed E-state index contributed by atoms with van der Waals surface area (Å²) in [5, 5.41) is 10.5. The quantitative estimate of drug-likeness (QED) is 0.213. The van der Waals surface area contributed by atoms with Gasteiger partial charge in [0.25, 0.3) is 0 Å². The molecule has 0 saturated carbocycles. The van der Waals surface area contributed by atoms with E-state index < -0.39 is 0 Å². The first-order chi connectivity index (χ1) is 18.4. The topological polar surface area (TPSA) is 0 Å². The van der Waals surface area contributed by atoms with Crippen LogP contribution < -0.4 is 0 Å². The molecular formula is C36H22S. The summed E-state index contributed by atoms with van der Waals surface area (Å²) in [7, 11) is 0. The molecule has 0 aliphatic carbocycles. The summed E-state index contributed by atoms with van der Waals surface area (Å²) in [5.74, 6) is 0. The maximum atomic E-state index is 2.42. The minimum atomic E-state index is 1.26. The first-order valence-corrected chi connectivity index (χ1v) is 13.5. The van der Waals surface area contributed by atoms with Gasteiger partial charge in [0, 0.05) is 25.7 Å². The molecule has 0 aliphatic rings. The molecule has 172 valence electrons. The van der Waals surface area contributed by atoms with Crippen molar-refractivity contribution in [1.29, 1.82) is 0 Å². The molecule has 0 bridgehead atoms. The highest BCUT2D eigenvalue weighted by Crippen LogP contribution is 2.49. The molecule has 0 nitrogen and oxygen atoms in total. The predicted octanol–water partition coefficient (Wildman–Crippen LogP) is 10.8. The lowest BCUT2D eigenvalue weighted by atomic mass is 9.85. The van der Waals surface area contributed by atoms with Crippen molar-refractivity contribution in [2.24, 2.45) is 0 Å². The van der Waals surface area contributed by atoms with Crippen molar-refractivity contribution in [3.05, 3.63) is 133 Å². The normalized spacial score (nSPS) is 11.8. The lowest BCUT2D eigenvalue weighted by molar-refractivity contribution is 1.67. The second-order valence-corrected chi connectivity index (χ2v) is 10.7. The Morgan fingerprint density at radius 1 is 0.405 bits per heavy atom. The summed E-state index contributed by atoms with van der Waals surface area (Å²) in [6, 6.07) is 48.8. The molecule has 37 heavy (non-hydrogen) atoms. The monoisotopic (exact) mass is 486 g/mol. The van der Waals surface area contributed by atoms with E-state index in [2.05, 4.69) is 133 Å². The summed E-state index contributed by atoms with van der Waals surface area (Å²) in [6.07, 6.45) is 0. The second-order valence-electron chi connectivity index (χ2n) is 9.65. The lowest BCUT2D eigenvalue weighted by Gasteiger charge is -2.18. The van der Waals surface area contributed by atoms with E-state index in [0.717, 1.165) is 0 Å². The number of rotatable bonds is 2. The highest BCUT2D eigenvalue weighted by atomic mass is 32.1. The molecule has 1 heterocycles. The highest BCUT2D eigenvalue weighted by molar-refractivity contribution is 7.26. The van der Waals surface area contributed by atoms with Crippen molar-refractivity contribution in [1.82, 2.24) is 0 Å². The SMILES string of the molecule is c1ccc(-c2c3ccccc3c(-c3cc4ccccc4c4c3sc3ccccc34)c3ccccc23)cc1. The van der Waals surface area contributed by atoms with E-state index in [9.17, 15) is 0 Å². The van der Waals surface area contributed by atoms with Crippen molar-refractivity contribution >= 4 is 63.8 Å². The first-order valence-electron chi connectivity index (χ1n) is 12.7. The average Bonchev–Trinajstić information content (AvgIpc) is 3.36. The van der Waals surface area contributed by atoms with Crippen LogP contribution >= 0.6 is 11.3 Å². The lowest BCUT2D eigenvalue weighted by Crippen LogP contribution is -1.91. The van der Waals surface area contributed by atoms with Gasteiger partial charge in [-0.05, 0) is 61.1 Å². The number of hydrogen-bond donors (Lipinski definition) is 0. The van der Waals surface area contributed by atoms with E-state index in [-0.39, 0.29) is 0 Å². The van der Waals surface area contributed by atoms with Crippen LogP contribution in [0.25, 0.3) is 74.7 Å². The summed E-state index contributed by atoms with van der Waals surface area (Å²) in [6.45, 7) is 0. The summed E-state index contributed by atoms with van der Waals surface area (Å²) in [4.78, 5) is 0. The minimum Gasteiger partial charge on any atom is -0.135 e. The summed E-state index contributed by atoms with van der Waals surface area (Å²) < 4.78 is 2.70. The van der Waals surface area contributed by atoms with Gasteiger partial charge in [0.2, 0.25) is 0 Å². The van der Waals surface area contributed by atoms with Crippen molar-refractivity contribution in [3.63, 3.8) is 0 Å². The van der Waals surface area contributed by atoms with Gasteiger partial charge in [0.05, 0.1) is 0 Å². The Labute approximate surface area is 219 Å². The number of hydrogen-bond acceptors (Lipinski definition) is 1. The molecule has 1 aromatic heterocycles. The van der Waals surface area contributed by atoms with Crippen LogP contribution in [0.5, 0.6) is 0 Å². The van der Waals surface area contributed by atoms with Gasteiger partial charge in [-0.1, -0.05) is 121 Å². The van der Waals surface area contributed by atoms with Crippen LogP contribution in [-0.4, -0.2) is 0 Å². The van der Waals surface area contributed by atoms with Crippen molar-refractivity contribution < 1.29 is 0 Å². The fraction of sp³-hybridized carbons (Fsp3) is 0. The summed E-state index contributed by atoms with van der Waals surface area (Å²) in [5.41, 5.74) is 5.21. The fourth-order valence-electron chi connectivity index (χ4n) is 6.09. The van der Waals surface area contributed by atoms with E-state index >= 15 is 0 Å². The van der Waals surface area contributed by atoms with E-state index in [4.69, 9.17) is 0 Å². The third-order valence-corrected chi connectivity index (χ3v) is 8.84. The number of thiophene rings is 1. The number of benzene rings is 7. The molecule has 0 N–H and O–H groups in total. The van der Waals surface area contributed by atoms with Gasteiger partial charge in [0.1, 0.15) is 0 Å². The first kappa shape index (κ1) is 20.7. The molecule has 0 radical (unpaired) electrons. The molecule has 0 spiro atoms. The van der Waals surface area contributed by atoms with E-state index in [1.54, 1.807) is 0 Å². The molecule has 0 fully saturated rings. The van der Waals surface area contributed by atoms with Gasteiger partial charge in [-0.15, -0.1) is 11.3 Å². The van der Waals surface area contributed by atoms with Gasteiger partial charge >= 0.3 is 0 Å². The zero-order valence-corrected chi connectivity index (χ0v) is 20.9. The largest absolute Gasteiger partial charge is 0.135 e.